The number of anilines is 1. The van der Waals surface area contributed by atoms with Crippen LogP contribution in [0.3, 0.4) is 0 Å². The molecule has 0 unspecified atom stereocenters. The molecule has 2 aromatic rings. The lowest BCUT2D eigenvalue weighted by Crippen LogP contribution is -2.56. The van der Waals surface area contributed by atoms with Gasteiger partial charge in [-0.2, -0.15) is 11.8 Å². The molecule has 184 valence electrons. The Labute approximate surface area is 206 Å². The quantitative estimate of drug-likeness (QED) is 0.478. The number of imide groups is 1. The molecule has 0 spiro atoms. The minimum absolute atomic E-state index is 0.225. The highest BCUT2D eigenvalue weighted by atomic mass is 32.2. The van der Waals surface area contributed by atoms with Crippen molar-refractivity contribution in [3.63, 3.8) is 0 Å². The first-order valence-corrected chi connectivity index (χ1v) is 12.7. The van der Waals surface area contributed by atoms with Crippen LogP contribution in [0.2, 0.25) is 0 Å². The third-order valence-corrected chi connectivity index (χ3v) is 7.54. The Morgan fingerprint density at radius 1 is 1.17 bits per heavy atom. The van der Waals surface area contributed by atoms with E-state index in [0.29, 0.717) is 36.2 Å². The van der Waals surface area contributed by atoms with E-state index < -0.39 is 47.0 Å². The van der Waals surface area contributed by atoms with Crippen LogP contribution < -0.4 is 19.7 Å². The molecule has 35 heavy (non-hydrogen) atoms. The standard InChI is InChI=1S/C25H25FN2O6S/c1-32-24(31)25(9-12-35-2)20-19(21(27-25)15-5-3-4-6-16(15)26)22(29)28(23(20)30)14-7-8-17-18(13-14)34-11-10-33-17/h3-8,13,19-21,27H,9-12H2,1-2H3/t19-,20+,21-,25+/m0/s1. The maximum absolute atomic E-state index is 14.9. The van der Waals surface area contributed by atoms with E-state index in [-0.39, 0.29) is 12.0 Å². The van der Waals surface area contributed by atoms with Crippen molar-refractivity contribution in [2.24, 2.45) is 11.8 Å². The normalized spacial score (nSPS) is 27.2. The van der Waals surface area contributed by atoms with Gasteiger partial charge in [0.15, 0.2) is 11.5 Å². The summed E-state index contributed by atoms with van der Waals surface area (Å²) in [7, 11) is 1.25. The Hall–Kier alpha value is -3.11. The summed E-state index contributed by atoms with van der Waals surface area (Å²) in [6.07, 6.45) is 2.12. The summed E-state index contributed by atoms with van der Waals surface area (Å²) in [5, 5.41) is 3.19. The number of hydrogen-bond acceptors (Lipinski definition) is 8. The zero-order valence-electron chi connectivity index (χ0n) is 19.3. The summed E-state index contributed by atoms with van der Waals surface area (Å²) in [5.74, 6) is -2.78. The van der Waals surface area contributed by atoms with E-state index >= 15 is 0 Å². The van der Waals surface area contributed by atoms with Crippen LogP contribution in [0.4, 0.5) is 10.1 Å². The van der Waals surface area contributed by atoms with Gasteiger partial charge in [0.05, 0.1) is 24.6 Å². The van der Waals surface area contributed by atoms with E-state index in [4.69, 9.17) is 14.2 Å². The number of hydrogen-bond donors (Lipinski definition) is 1. The van der Waals surface area contributed by atoms with Gasteiger partial charge in [-0.25, -0.2) is 9.29 Å². The molecular formula is C25H25FN2O6S. The van der Waals surface area contributed by atoms with Crippen LogP contribution in [0, 0.1) is 17.7 Å². The first-order chi connectivity index (χ1) is 16.9. The minimum Gasteiger partial charge on any atom is -0.486 e. The lowest BCUT2D eigenvalue weighted by Gasteiger charge is -2.32. The molecule has 2 amide bonds. The number of carbonyl (C=O) groups excluding carboxylic acids is 3. The summed E-state index contributed by atoms with van der Waals surface area (Å²) in [6, 6.07) is 10.0. The predicted molar refractivity (Wildman–Crippen MR) is 127 cm³/mol. The number of rotatable bonds is 6. The van der Waals surface area contributed by atoms with Gasteiger partial charge in [0.2, 0.25) is 11.8 Å². The van der Waals surface area contributed by atoms with Crippen molar-refractivity contribution < 1.29 is 33.0 Å². The second kappa shape index (κ2) is 9.16. The average Bonchev–Trinajstić information content (AvgIpc) is 3.36. The summed E-state index contributed by atoms with van der Waals surface area (Å²) < 4.78 is 31.2. The molecular weight excluding hydrogens is 475 g/mol. The maximum atomic E-state index is 14.9. The number of nitrogens with zero attached hydrogens (tertiary/aromatic N) is 1. The molecule has 3 aliphatic rings. The molecule has 3 heterocycles. The average molecular weight is 501 g/mol. The molecule has 3 aliphatic heterocycles. The number of amides is 2. The summed E-state index contributed by atoms with van der Waals surface area (Å²) in [6.45, 7) is 0.758. The van der Waals surface area contributed by atoms with Crippen molar-refractivity contribution in [1.29, 1.82) is 0 Å². The number of thioether (sulfide) groups is 1. The monoisotopic (exact) mass is 500 g/mol. The molecule has 0 saturated carbocycles. The highest BCUT2D eigenvalue weighted by Gasteiger charge is 2.69. The van der Waals surface area contributed by atoms with Crippen molar-refractivity contribution in [3.05, 3.63) is 53.8 Å². The van der Waals surface area contributed by atoms with Crippen LogP contribution in [-0.2, 0) is 19.1 Å². The van der Waals surface area contributed by atoms with Crippen LogP contribution in [0.15, 0.2) is 42.5 Å². The fraction of sp³-hybridized carbons (Fsp3) is 0.400. The number of benzene rings is 2. The Morgan fingerprint density at radius 3 is 2.63 bits per heavy atom. The van der Waals surface area contributed by atoms with Crippen LogP contribution in [0.25, 0.3) is 0 Å². The van der Waals surface area contributed by atoms with E-state index in [1.165, 1.54) is 24.9 Å². The van der Waals surface area contributed by atoms with Gasteiger partial charge >= 0.3 is 5.97 Å². The van der Waals surface area contributed by atoms with Gasteiger partial charge in [-0.05, 0) is 36.6 Å². The number of methoxy groups -OCH3 is 1. The van der Waals surface area contributed by atoms with Gasteiger partial charge in [-0.3, -0.25) is 19.7 Å². The Balaban J connectivity index is 1.63. The smallest absolute Gasteiger partial charge is 0.326 e. The maximum Gasteiger partial charge on any atom is 0.326 e. The molecule has 2 aromatic carbocycles. The third-order valence-electron chi connectivity index (χ3n) is 6.93. The summed E-state index contributed by atoms with van der Waals surface area (Å²) >= 11 is 1.50. The summed E-state index contributed by atoms with van der Waals surface area (Å²) in [5.41, 5.74) is -0.942. The van der Waals surface area contributed by atoms with Crippen molar-refractivity contribution in [3.8, 4) is 11.5 Å². The molecule has 2 saturated heterocycles. The zero-order chi connectivity index (χ0) is 24.7. The van der Waals surface area contributed by atoms with Crippen LogP contribution >= 0.6 is 11.8 Å². The first kappa shape index (κ1) is 23.6. The second-order valence-corrected chi connectivity index (χ2v) is 9.68. The van der Waals surface area contributed by atoms with Crippen molar-refractivity contribution in [2.75, 3.05) is 37.2 Å². The molecule has 10 heteroatoms. The molecule has 0 radical (unpaired) electrons. The molecule has 0 aromatic heterocycles. The Bertz CT molecular complexity index is 1190. The Morgan fingerprint density at radius 2 is 1.91 bits per heavy atom. The van der Waals surface area contributed by atoms with Crippen molar-refractivity contribution in [1.82, 2.24) is 5.32 Å². The SMILES string of the molecule is COC(=O)[C@]1(CCSC)N[C@@H](c2ccccc2F)[C@H]2C(=O)N(c3ccc4c(c3)OCCO4)C(=O)[C@@H]21. The van der Waals surface area contributed by atoms with Crippen LogP contribution in [0.5, 0.6) is 11.5 Å². The van der Waals surface area contributed by atoms with Gasteiger partial charge in [-0.1, -0.05) is 18.2 Å². The highest BCUT2D eigenvalue weighted by Crippen LogP contribution is 2.52. The number of esters is 1. The third kappa shape index (κ3) is 3.66. The molecule has 1 N–H and O–H groups in total. The largest absolute Gasteiger partial charge is 0.486 e. The minimum atomic E-state index is -1.48. The van der Waals surface area contributed by atoms with Gasteiger partial charge in [-0.15, -0.1) is 0 Å². The lowest BCUT2D eigenvalue weighted by atomic mass is 9.78. The fourth-order valence-corrected chi connectivity index (χ4v) is 5.91. The highest BCUT2D eigenvalue weighted by molar-refractivity contribution is 7.98. The van der Waals surface area contributed by atoms with E-state index in [2.05, 4.69) is 5.32 Å². The van der Waals surface area contributed by atoms with Crippen LogP contribution in [-0.4, -0.2) is 55.7 Å². The predicted octanol–water partition coefficient (Wildman–Crippen LogP) is 2.71. The number of ether oxygens (including phenoxy) is 3. The molecule has 5 rings (SSSR count). The first-order valence-electron chi connectivity index (χ1n) is 11.3. The zero-order valence-corrected chi connectivity index (χ0v) is 20.1. The van der Waals surface area contributed by atoms with E-state index in [0.717, 1.165) is 4.90 Å². The van der Waals surface area contributed by atoms with Gasteiger partial charge < -0.3 is 14.2 Å². The van der Waals surface area contributed by atoms with Gasteiger partial charge in [0.25, 0.3) is 0 Å². The molecule has 0 aliphatic carbocycles. The number of nitrogens with one attached hydrogen (secondary N) is 1. The van der Waals surface area contributed by atoms with E-state index in [1.54, 1.807) is 36.4 Å². The number of carbonyl (C=O) groups is 3. The van der Waals surface area contributed by atoms with Crippen molar-refractivity contribution in [2.45, 2.75) is 18.0 Å². The molecule has 8 nitrogen and oxygen atoms in total. The van der Waals surface area contributed by atoms with Crippen molar-refractivity contribution >= 4 is 35.2 Å². The van der Waals surface area contributed by atoms with Gasteiger partial charge in [0.1, 0.15) is 24.6 Å². The van der Waals surface area contributed by atoms with E-state index in [1.807, 2.05) is 6.26 Å². The molecule has 4 atom stereocenters. The number of fused-ring (bicyclic) bond motifs is 2. The second-order valence-electron chi connectivity index (χ2n) is 8.69. The van der Waals surface area contributed by atoms with Crippen LogP contribution in [0.1, 0.15) is 18.0 Å². The number of halogens is 1. The fourth-order valence-electron chi connectivity index (χ4n) is 5.39. The summed E-state index contributed by atoms with van der Waals surface area (Å²) in [4.78, 5) is 42.1. The molecule has 2 fully saturated rings. The Kier molecular flexibility index (Phi) is 6.18. The van der Waals surface area contributed by atoms with Gasteiger partial charge in [0, 0.05) is 17.7 Å². The van der Waals surface area contributed by atoms with E-state index in [9.17, 15) is 18.8 Å². The lowest BCUT2D eigenvalue weighted by molar-refractivity contribution is -0.152. The topological polar surface area (TPSA) is 94.2 Å². The molecule has 0 bridgehead atoms.